The van der Waals surface area contributed by atoms with Gasteiger partial charge in [0.2, 0.25) is 0 Å². The van der Waals surface area contributed by atoms with Crippen LogP contribution in [0.15, 0.2) is 71.1 Å². The van der Waals surface area contributed by atoms with E-state index in [4.69, 9.17) is 4.42 Å². The molecule has 0 amide bonds. The fraction of sp³-hybridized carbons (Fsp3) is 0.182. The monoisotopic (exact) mass is 300 g/mol. The van der Waals surface area contributed by atoms with E-state index in [0.29, 0.717) is 0 Å². The van der Waals surface area contributed by atoms with Gasteiger partial charge in [-0.2, -0.15) is 0 Å². The molecule has 1 aromatic heterocycles. The molecule has 0 unspecified atom stereocenters. The number of fused-ring (bicyclic) bond motifs is 3. The molecule has 0 fully saturated rings. The Bertz CT molecular complexity index is 985. The normalized spacial score (nSPS) is 12.1. The van der Waals surface area contributed by atoms with E-state index in [9.17, 15) is 0 Å². The zero-order chi connectivity index (χ0) is 16.0. The molecule has 0 aliphatic rings. The molecule has 0 bridgehead atoms. The summed E-state index contributed by atoms with van der Waals surface area (Å²) in [4.78, 5) is 0. The third-order valence-corrected chi connectivity index (χ3v) is 4.41. The Kier molecular flexibility index (Phi) is 3.05. The number of furan rings is 1. The second-order valence-corrected chi connectivity index (χ2v) is 7.11. The predicted molar refractivity (Wildman–Crippen MR) is 97.9 cm³/mol. The molecule has 4 aromatic rings. The molecular weight excluding hydrogens is 280 g/mol. The lowest BCUT2D eigenvalue weighted by molar-refractivity contribution is 0.594. The van der Waals surface area contributed by atoms with Gasteiger partial charge in [-0.05, 0) is 40.3 Å². The van der Waals surface area contributed by atoms with E-state index >= 15 is 0 Å². The van der Waals surface area contributed by atoms with Gasteiger partial charge in [-0.25, -0.2) is 0 Å². The van der Waals surface area contributed by atoms with Gasteiger partial charge in [-0.15, -0.1) is 0 Å². The standard InChI is InChI=1S/C22H20O/c1-22(2,3)18-10-7-11-20-21(18)17-14-16(12-13-19(17)23-20)15-8-5-4-6-9-15/h4-14H,1-3H3. The van der Waals surface area contributed by atoms with Gasteiger partial charge in [0.1, 0.15) is 11.2 Å². The Hall–Kier alpha value is -2.54. The topological polar surface area (TPSA) is 13.1 Å². The summed E-state index contributed by atoms with van der Waals surface area (Å²) in [5, 5.41) is 2.44. The average molecular weight is 300 g/mol. The summed E-state index contributed by atoms with van der Waals surface area (Å²) < 4.78 is 6.08. The van der Waals surface area contributed by atoms with E-state index in [1.54, 1.807) is 0 Å². The van der Waals surface area contributed by atoms with Gasteiger partial charge >= 0.3 is 0 Å². The molecular formula is C22H20O. The van der Waals surface area contributed by atoms with E-state index < -0.39 is 0 Å². The SMILES string of the molecule is CC(C)(C)c1cccc2oc3ccc(-c4ccccc4)cc3c12. The van der Waals surface area contributed by atoms with Gasteiger partial charge in [0, 0.05) is 10.8 Å². The third kappa shape index (κ3) is 2.33. The van der Waals surface area contributed by atoms with Crippen LogP contribution in [0.25, 0.3) is 33.1 Å². The molecule has 0 radical (unpaired) electrons. The van der Waals surface area contributed by atoms with Crippen molar-refractivity contribution < 1.29 is 4.42 Å². The number of hydrogen-bond donors (Lipinski definition) is 0. The van der Waals surface area contributed by atoms with Crippen molar-refractivity contribution in [3.63, 3.8) is 0 Å². The summed E-state index contributed by atoms with van der Waals surface area (Å²) in [6.45, 7) is 6.75. The molecule has 4 rings (SSSR count). The van der Waals surface area contributed by atoms with Crippen LogP contribution in [0.2, 0.25) is 0 Å². The quantitative estimate of drug-likeness (QED) is 0.388. The Balaban J connectivity index is 2.06. The van der Waals surface area contributed by atoms with E-state index in [-0.39, 0.29) is 5.41 Å². The second-order valence-electron chi connectivity index (χ2n) is 7.11. The summed E-state index contributed by atoms with van der Waals surface area (Å²) in [5.41, 5.74) is 5.80. The second kappa shape index (κ2) is 4.99. The third-order valence-electron chi connectivity index (χ3n) is 4.41. The maximum atomic E-state index is 6.08. The van der Waals surface area contributed by atoms with Crippen molar-refractivity contribution >= 4 is 21.9 Å². The lowest BCUT2D eigenvalue weighted by atomic mass is 9.84. The van der Waals surface area contributed by atoms with Crippen LogP contribution in [-0.4, -0.2) is 0 Å². The summed E-state index contributed by atoms with van der Waals surface area (Å²) in [6, 6.07) is 23.3. The largest absolute Gasteiger partial charge is 0.456 e. The van der Waals surface area contributed by atoms with Crippen LogP contribution >= 0.6 is 0 Å². The molecule has 0 aliphatic heterocycles. The Morgan fingerprint density at radius 1 is 0.696 bits per heavy atom. The molecule has 0 atom stereocenters. The number of rotatable bonds is 1. The van der Waals surface area contributed by atoms with Gasteiger partial charge in [0.05, 0.1) is 0 Å². The van der Waals surface area contributed by atoms with Crippen molar-refractivity contribution in [2.75, 3.05) is 0 Å². The first-order chi connectivity index (χ1) is 11.0. The first kappa shape index (κ1) is 14.1. The van der Waals surface area contributed by atoms with Crippen LogP contribution in [0.4, 0.5) is 0 Å². The first-order valence-electron chi connectivity index (χ1n) is 8.05. The molecule has 1 heterocycles. The summed E-state index contributed by atoms with van der Waals surface area (Å²) >= 11 is 0. The van der Waals surface area contributed by atoms with E-state index in [1.165, 1.54) is 27.5 Å². The van der Waals surface area contributed by atoms with Gasteiger partial charge < -0.3 is 4.42 Å². The highest BCUT2D eigenvalue weighted by Crippen LogP contribution is 2.38. The molecule has 0 spiro atoms. The maximum Gasteiger partial charge on any atom is 0.135 e. The van der Waals surface area contributed by atoms with Crippen molar-refractivity contribution in [3.8, 4) is 11.1 Å². The minimum absolute atomic E-state index is 0.0824. The number of benzene rings is 3. The molecule has 1 heteroatoms. The molecule has 0 saturated carbocycles. The molecule has 1 nitrogen and oxygen atoms in total. The fourth-order valence-corrected chi connectivity index (χ4v) is 3.26. The molecule has 23 heavy (non-hydrogen) atoms. The van der Waals surface area contributed by atoms with Crippen molar-refractivity contribution in [1.29, 1.82) is 0 Å². The fourth-order valence-electron chi connectivity index (χ4n) is 3.26. The van der Waals surface area contributed by atoms with Crippen LogP contribution < -0.4 is 0 Å². The molecule has 3 aromatic carbocycles. The minimum Gasteiger partial charge on any atom is -0.456 e. The van der Waals surface area contributed by atoms with E-state index in [0.717, 1.165) is 11.2 Å². The lowest BCUT2D eigenvalue weighted by Crippen LogP contribution is -2.11. The van der Waals surface area contributed by atoms with Gasteiger partial charge in [0.15, 0.2) is 0 Å². The highest BCUT2D eigenvalue weighted by molar-refractivity contribution is 6.08. The predicted octanol–water partition coefficient (Wildman–Crippen LogP) is 6.55. The Morgan fingerprint density at radius 3 is 2.22 bits per heavy atom. The van der Waals surface area contributed by atoms with Crippen molar-refractivity contribution in [2.24, 2.45) is 0 Å². The first-order valence-corrected chi connectivity index (χ1v) is 8.05. The molecule has 0 aliphatic carbocycles. The average Bonchev–Trinajstić information content (AvgIpc) is 2.92. The Labute approximate surface area is 136 Å². The summed E-state index contributed by atoms with van der Waals surface area (Å²) in [7, 11) is 0. The van der Waals surface area contributed by atoms with E-state index in [1.807, 2.05) is 6.07 Å². The van der Waals surface area contributed by atoms with Gasteiger partial charge in [-0.1, -0.05) is 69.3 Å². The molecule has 0 saturated heterocycles. The molecule has 114 valence electrons. The lowest BCUT2D eigenvalue weighted by Gasteiger charge is -2.20. The van der Waals surface area contributed by atoms with Gasteiger partial charge in [-0.3, -0.25) is 0 Å². The summed E-state index contributed by atoms with van der Waals surface area (Å²) in [6.07, 6.45) is 0. The zero-order valence-electron chi connectivity index (χ0n) is 13.8. The van der Waals surface area contributed by atoms with Crippen molar-refractivity contribution in [1.82, 2.24) is 0 Å². The Morgan fingerprint density at radius 2 is 1.48 bits per heavy atom. The maximum absolute atomic E-state index is 6.08. The van der Waals surface area contributed by atoms with E-state index in [2.05, 4.69) is 81.4 Å². The zero-order valence-corrected chi connectivity index (χ0v) is 13.8. The van der Waals surface area contributed by atoms with Crippen LogP contribution in [0.5, 0.6) is 0 Å². The van der Waals surface area contributed by atoms with Crippen LogP contribution in [0.3, 0.4) is 0 Å². The minimum atomic E-state index is 0.0824. The highest BCUT2D eigenvalue weighted by atomic mass is 16.3. The van der Waals surface area contributed by atoms with Crippen LogP contribution in [0.1, 0.15) is 26.3 Å². The smallest absolute Gasteiger partial charge is 0.135 e. The van der Waals surface area contributed by atoms with Gasteiger partial charge in [0.25, 0.3) is 0 Å². The number of hydrogen-bond acceptors (Lipinski definition) is 1. The van der Waals surface area contributed by atoms with Crippen molar-refractivity contribution in [2.45, 2.75) is 26.2 Å². The van der Waals surface area contributed by atoms with Crippen LogP contribution in [0, 0.1) is 0 Å². The molecule has 0 N–H and O–H groups in total. The highest BCUT2D eigenvalue weighted by Gasteiger charge is 2.20. The van der Waals surface area contributed by atoms with Crippen molar-refractivity contribution in [3.05, 3.63) is 72.3 Å². The summed E-state index contributed by atoms with van der Waals surface area (Å²) in [5.74, 6) is 0. The van der Waals surface area contributed by atoms with Crippen LogP contribution in [-0.2, 0) is 5.41 Å².